The maximum atomic E-state index is 12.4. The van der Waals surface area contributed by atoms with Crippen molar-refractivity contribution < 1.29 is 13.2 Å². The van der Waals surface area contributed by atoms with Gasteiger partial charge in [-0.15, -0.1) is 0 Å². The number of hydrogen-bond acceptors (Lipinski definition) is 5. The molecule has 0 radical (unpaired) electrons. The molecule has 0 fully saturated rings. The lowest BCUT2D eigenvalue weighted by molar-refractivity contribution is 0.461. The molecule has 0 aliphatic heterocycles. The SMILES string of the molecule is O=S(=O)(Nc1ccc(Oc2cc(-n3cccc3)ncn2)cc1)c1ccc(Cl)cc1. The molecule has 0 saturated carbocycles. The highest BCUT2D eigenvalue weighted by atomic mass is 35.5. The highest BCUT2D eigenvalue weighted by Gasteiger charge is 2.14. The van der Waals surface area contributed by atoms with Crippen LogP contribution in [-0.2, 0) is 10.0 Å². The van der Waals surface area contributed by atoms with Crippen molar-refractivity contribution >= 4 is 27.3 Å². The van der Waals surface area contributed by atoms with E-state index in [9.17, 15) is 8.42 Å². The van der Waals surface area contributed by atoms with Gasteiger partial charge in [-0.3, -0.25) is 4.72 Å². The lowest BCUT2D eigenvalue weighted by Gasteiger charge is -2.10. The van der Waals surface area contributed by atoms with Crippen LogP contribution in [-0.4, -0.2) is 23.0 Å². The number of nitrogens with one attached hydrogen (secondary N) is 1. The molecule has 0 aliphatic rings. The summed E-state index contributed by atoms with van der Waals surface area (Å²) >= 11 is 5.81. The van der Waals surface area contributed by atoms with Crippen molar-refractivity contribution in [1.29, 1.82) is 0 Å². The van der Waals surface area contributed by atoms with Gasteiger partial charge in [0.15, 0.2) is 0 Å². The molecular formula is C20H15ClN4O3S. The molecule has 2 heterocycles. The van der Waals surface area contributed by atoms with Crippen LogP contribution >= 0.6 is 11.6 Å². The molecule has 146 valence electrons. The lowest BCUT2D eigenvalue weighted by atomic mass is 10.3. The van der Waals surface area contributed by atoms with Gasteiger partial charge in [0, 0.05) is 29.2 Å². The molecule has 0 spiro atoms. The minimum atomic E-state index is -3.71. The van der Waals surface area contributed by atoms with Gasteiger partial charge in [-0.2, -0.15) is 0 Å². The molecule has 0 atom stereocenters. The molecule has 7 nitrogen and oxygen atoms in total. The molecule has 0 saturated heterocycles. The van der Waals surface area contributed by atoms with Gasteiger partial charge >= 0.3 is 0 Å². The number of anilines is 1. The highest BCUT2D eigenvalue weighted by Crippen LogP contribution is 2.24. The Morgan fingerprint density at radius 1 is 0.931 bits per heavy atom. The van der Waals surface area contributed by atoms with E-state index in [4.69, 9.17) is 16.3 Å². The number of benzene rings is 2. The molecule has 2 aromatic heterocycles. The van der Waals surface area contributed by atoms with E-state index in [1.54, 1.807) is 30.3 Å². The fourth-order valence-electron chi connectivity index (χ4n) is 2.55. The monoisotopic (exact) mass is 426 g/mol. The Balaban J connectivity index is 1.47. The summed E-state index contributed by atoms with van der Waals surface area (Å²) in [5, 5.41) is 0.468. The van der Waals surface area contributed by atoms with Crippen LogP contribution < -0.4 is 9.46 Å². The Morgan fingerprint density at radius 3 is 2.31 bits per heavy atom. The highest BCUT2D eigenvalue weighted by molar-refractivity contribution is 7.92. The van der Waals surface area contributed by atoms with E-state index in [-0.39, 0.29) is 4.90 Å². The summed E-state index contributed by atoms with van der Waals surface area (Å²) in [6, 6.07) is 17.9. The second-order valence-electron chi connectivity index (χ2n) is 5.99. The van der Waals surface area contributed by atoms with Gasteiger partial charge in [-0.05, 0) is 60.7 Å². The summed E-state index contributed by atoms with van der Waals surface area (Å²) in [6.07, 6.45) is 5.15. The zero-order valence-corrected chi connectivity index (χ0v) is 16.5. The molecule has 2 aromatic carbocycles. The van der Waals surface area contributed by atoms with Gasteiger partial charge in [0.2, 0.25) is 5.88 Å². The third-order valence-electron chi connectivity index (χ3n) is 3.95. The fraction of sp³-hybridized carbons (Fsp3) is 0. The Bertz CT molecular complexity index is 1210. The van der Waals surface area contributed by atoms with Crippen LogP contribution in [0.1, 0.15) is 0 Å². The Labute approximate surface area is 172 Å². The number of nitrogens with zero attached hydrogens (tertiary/aromatic N) is 3. The second kappa shape index (κ2) is 7.94. The Kier molecular flexibility index (Phi) is 5.20. The van der Waals surface area contributed by atoms with Crippen LogP contribution in [0.25, 0.3) is 5.82 Å². The topological polar surface area (TPSA) is 86.1 Å². The molecule has 0 bridgehead atoms. The average molecular weight is 427 g/mol. The number of hydrogen-bond donors (Lipinski definition) is 1. The Morgan fingerprint density at radius 2 is 1.62 bits per heavy atom. The largest absolute Gasteiger partial charge is 0.439 e. The number of ether oxygens (including phenoxy) is 1. The van der Waals surface area contributed by atoms with E-state index < -0.39 is 10.0 Å². The third kappa shape index (κ3) is 4.56. The predicted molar refractivity (Wildman–Crippen MR) is 110 cm³/mol. The summed E-state index contributed by atoms with van der Waals surface area (Å²) in [5.41, 5.74) is 0.406. The van der Waals surface area contributed by atoms with E-state index in [1.807, 2.05) is 29.1 Å². The van der Waals surface area contributed by atoms with Crippen molar-refractivity contribution in [2.24, 2.45) is 0 Å². The average Bonchev–Trinajstić information content (AvgIpc) is 3.25. The van der Waals surface area contributed by atoms with E-state index >= 15 is 0 Å². The molecule has 4 aromatic rings. The predicted octanol–water partition coefficient (Wildman–Crippen LogP) is 4.51. The second-order valence-corrected chi connectivity index (χ2v) is 8.11. The minimum Gasteiger partial charge on any atom is -0.439 e. The van der Waals surface area contributed by atoms with Gasteiger partial charge in [0.25, 0.3) is 10.0 Å². The summed E-state index contributed by atoms with van der Waals surface area (Å²) in [5.74, 6) is 1.56. The molecule has 0 unspecified atom stereocenters. The van der Waals surface area contributed by atoms with Gasteiger partial charge in [-0.25, -0.2) is 18.4 Å². The Hall–Kier alpha value is -3.36. The quantitative estimate of drug-likeness (QED) is 0.490. The zero-order valence-electron chi connectivity index (χ0n) is 14.9. The number of halogens is 1. The van der Waals surface area contributed by atoms with Gasteiger partial charge < -0.3 is 9.30 Å². The first-order valence-electron chi connectivity index (χ1n) is 8.51. The van der Waals surface area contributed by atoms with Crippen LogP contribution in [0, 0.1) is 0 Å². The fourth-order valence-corrected chi connectivity index (χ4v) is 3.74. The van der Waals surface area contributed by atoms with Crippen molar-refractivity contribution in [3.8, 4) is 17.4 Å². The van der Waals surface area contributed by atoms with Crippen molar-refractivity contribution in [2.75, 3.05) is 4.72 Å². The van der Waals surface area contributed by atoms with E-state index in [1.165, 1.54) is 30.6 Å². The summed E-state index contributed by atoms with van der Waals surface area (Å²) in [6.45, 7) is 0. The van der Waals surface area contributed by atoms with Crippen molar-refractivity contribution in [2.45, 2.75) is 4.90 Å². The first-order chi connectivity index (χ1) is 14.0. The van der Waals surface area contributed by atoms with Gasteiger partial charge in [0.05, 0.1) is 4.90 Å². The molecule has 0 aliphatic carbocycles. The molecule has 29 heavy (non-hydrogen) atoms. The summed E-state index contributed by atoms with van der Waals surface area (Å²) in [7, 11) is -3.71. The van der Waals surface area contributed by atoms with Crippen LogP contribution in [0.3, 0.4) is 0 Å². The molecule has 1 N–H and O–H groups in total. The number of aromatic nitrogens is 3. The third-order valence-corrected chi connectivity index (χ3v) is 5.60. The van der Waals surface area contributed by atoms with Crippen molar-refractivity contribution in [3.05, 3.63) is 90.5 Å². The van der Waals surface area contributed by atoms with Crippen LogP contribution in [0.2, 0.25) is 5.02 Å². The molecule has 0 amide bonds. The lowest BCUT2D eigenvalue weighted by Crippen LogP contribution is -2.12. The van der Waals surface area contributed by atoms with Gasteiger partial charge in [-0.1, -0.05) is 11.6 Å². The number of sulfonamides is 1. The minimum absolute atomic E-state index is 0.126. The normalized spacial score (nSPS) is 11.2. The maximum absolute atomic E-state index is 12.4. The maximum Gasteiger partial charge on any atom is 0.261 e. The van der Waals surface area contributed by atoms with Gasteiger partial charge in [0.1, 0.15) is 17.9 Å². The van der Waals surface area contributed by atoms with Crippen molar-refractivity contribution in [1.82, 2.24) is 14.5 Å². The standard InChI is InChI=1S/C20H15ClN4O3S/c21-15-3-9-18(10-4-15)29(26,27)24-16-5-7-17(8-6-16)28-20-13-19(22-14-23-20)25-11-1-2-12-25/h1-14,24H. The zero-order chi connectivity index (χ0) is 20.3. The van der Waals surface area contributed by atoms with Crippen LogP contribution in [0.5, 0.6) is 11.6 Å². The molecule has 9 heteroatoms. The van der Waals surface area contributed by atoms with E-state index in [0.29, 0.717) is 28.2 Å². The van der Waals surface area contributed by atoms with Crippen LogP contribution in [0.4, 0.5) is 5.69 Å². The first kappa shape index (κ1) is 19.0. The smallest absolute Gasteiger partial charge is 0.261 e. The summed E-state index contributed by atoms with van der Waals surface area (Å²) in [4.78, 5) is 8.43. The van der Waals surface area contributed by atoms with E-state index in [2.05, 4.69) is 14.7 Å². The van der Waals surface area contributed by atoms with Crippen molar-refractivity contribution in [3.63, 3.8) is 0 Å². The molecular weight excluding hydrogens is 412 g/mol. The summed E-state index contributed by atoms with van der Waals surface area (Å²) < 4.78 is 35.0. The first-order valence-corrected chi connectivity index (χ1v) is 10.4. The molecule has 4 rings (SSSR count). The number of rotatable bonds is 6. The van der Waals surface area contributed by atoms with E-state index in [0.717, 1.165) is 0 Å². The van der Waals surface area contributed by atoms with Crippen LogP contribution in [0.15, 0.2) is 90.3 Å².